The third-order valence-corrected chi connectivity index (χ3v) is 3.15. The largest absolute Gasteiger partial charge is 0.306 e. The Morgan fingerprint density at radius 1 is 0.895 bits per heavy atom. The minimum absolute atomic E-state index is 0.589. The molecule has 3 N–H and O–H groups in total. The van der Waals surface area contributed by atoms with E-state index in [1.807, 2.05) is 24.3 Å². The maximum atomic E-state index is 5.47. The molecule has 1 heterocycles. The Morgan fingerprint density at radius 2 is 1.58 bits per heavy atom. The van der Waals surface area contributed by atoms with Crippen molar-refractivity contribution in [2.24, 2.45) is 5.84 Å². The highest BCUT2D eigenvalue weighted by Gasteiger charge is 2.09. The van der Waals surface area contributed by atoms with Crippen LogP contribution in [0.25, 0.3) is 22.0 Å². The van der Waals surface area contributed by atoms with Crippen LogP contribution in [-0.2, 0) is 0 Å². The molecule has 1 aromatic heterocycles. The van der Waals surface area contributed by atoms with Crippen LogP contribution in [0.5, 0.6) is 0 Å². The average Bonchev–Trinajstić information content (AvgIpc) is 2.47. The van der Waals surface area contributed by atoms with E-state index in [1.54, 1.807) is 0 Å². The molecule has 4 nitrogen and oxygen atoms in total. The number of nitrogens with zero attached hydrogens (tertiary/aromatic N) is 2. The van der Waals surface area contributed by atoms with Gasteiger partial charge in [-0.1, -0.05) is 54.1 Å². The Hall–Kier alpha value is -2.46. The normalized spacial score (nSPS) is 10.6. The van der Waals surface area contributed by atoms with Crippen LogP contribution >= 0.6 is 0 Å². The smallest absolute Gasteiger partial charge is 0.170 e. The molecule has 4 heteroatoms. The number of nitrogen functional groups attached to an aromatic ring is 1. The maximum absolute atomic E-state index is 5.47. The van der Waals surface area contributed by atoms with Crippen LogP contribution in [0.15, 0.2) is 48.5 Å². The fourth-order valence-electron chi connectivity index (χ4n) is 2.14. The third-order valence-electron chi connectivity index (χ3n) is 3.15. The molecule has 0 unspecified atom stereocenters. The van der Waals surface area contributed by atoms with E-state index in [4.69, 9.17) is 5.84 Å². The summed E-state index contributed by atoms with van der Waals surface area (Å²) in [6.07, 6.45) is 0. The van der Waals surface area contributed by atoms with Crippen molar-refractivity contribution < 1.29 is 0 Å². The second-order valence-electron chi connectivity index (χ2n) is 4.45. The zero-order valence-electron chi connectivity index (χ0n) is 10.6. The summed E-state index contributed by atoms with van der Waals surface area (Å²) in [7, 11) is 0. The van der Waals surface area contributed by atoms with Gasteiger partial charge in [-0.2, -0.15) is 0 Å². The van der Waals surface area contributed by atoms with Crippen molar-refractivity contribution in [2.45, 2.75) is 6.92 Å². The van der Waals surface area contributed by atoms with Gasteiger partial charge in [0, 0.05) is 16.3 Å². The topological polar surface area (TPSA) is 63.8 Å². The van der Waals surface area contributed by atoms with Gasteiger partial charge in [-0.3, -0.25) is 0 Å². The average molecular weight is 250 g/mol. The molecule has 0 saturated heterocycles. The molecular weight excluding hydrogens is 236 g/mol. The highest BCUT2D eigenvalue weighted by molar-refractivity contribution is 5.99. The summed E-state index contributed by atoms with van der Waals surface area (Å²) in [5.74, 6) is 6.06. The zero-order valence-corrected chi connectivity index (χ0v) is 10.6. The van der Waals surface area contributed by atoms with Crippen molar-refractivity contribution in [1.29, 1.82) is 0 Å². The first-order valence-electron chi connectivity index (χ1n) is 6.08. The van der Waals surface area contributed by atoms with Gasteiger partial charge in [0.1, 0.15) is 5.69 Å². The van der Waals surface area contributed by atoms with Crippen molar-refractivity contribution in [1.82, 2.24) is 10.2 Å². The Balaban J connectivity index is 2.27. The number of hydrazine groups is 1. The molecule has 3 rings (SSSR count). The summed E-state index contributed by atoms with van der Waals surface area (Å²) in [5, 5.41) is 10.4. The second-order valence-corrected chi connectivity index (χ2v) is 4.45. The van der Waals surface area contributed by atoms with Crippen LogP contribution in [-0.4, -0.2) is 10.2 Å². The summed E-state index contributed by atoms with van der Waals surface area (Å²) in [6.45, 7) is 2.06. The van der Waals surface area contributed by atoms with Gasteiger partial charge in [0.05, 0.1) is 0 Å². The molecule has 0 radical (unpaired) electrons. The van der Waals surface area contributed by atoms with Crippen molar-refractivity contribution in [3.63, 3.8) is 0 Å². The van der Waals surface area contributed by atoms with Gasteiger partial charge in [0.25, 0.3) is 0 Å². The molecule has 0 amide bonds. The first-order chi connectivity index (χ1) is 9.29. The third kappa shape index (κ3) is 2.02. The Kier molecular flexibility index (Phi) is 2.85. The number of aromatic nitrogens is 2. The van der Waals surface area contributed by atoms with Crippen molar-refractivity contribution in [3.05, 3.63) is 54.1 Å². The van der Waals surface area contributed by atoms with E-state index in [-0.39, 0.29) is 0 Å². The predicted molar refractivity (Wildman–Crippen MR) is 77.5 cm³/mol. The molecule has 94 valence electrons. The molecule has 2 aromatic carbocycles. The molecule has 0 aliphatic heterocycles. The van der Waals surface area contributed by atoms with E-state index >= 15 is 0 Å². The lowest BCUT2D eigenvalue weighted by Gasteiger charge is -2.08. The van der Waals surface area contributed by atoms with E-state index in [0.717, 1.165) is 22.0 Å². The monoisotopic (exact) mass is 250 g/mol. The number of anilines is 1. The van der Waals surface area contributed by atoms with Gasteiger partial charge in [0.2, 0.25) is 0 Å². The highest BCUT2D eigenvalue weighted by Crippen LogP contribution is 2.29. The molecule has 0 saturated carbocycles. The molecular formula is C15H14N4. The van der Waals surface area contributed by atoms with E-state index in [9.17, 15) is 0 Å². The fraction of sp³-hybridized carbons (Fsp3) is 0.0667. The molecule has 0 bridgehead atoms. The molecule has 0 spiro atoms. The number of nitrogens with two attached hydrogens (primary N) is 1. The SMILES string of the molecule is Cc1ccc(-c2nnc(NN)c3ccccc23)cc1. The van der Waals surface area contributed by atoms with Gasteiger partial charge < -0.3 is 5.43 Å². The van der Waals surface area contributed by atoms with Crippen LogP contribution in [0, 0.1) is 6.92 Å². The zero-order chi connectivity index (χ0) is 13.2. The van der Waals surface area contributed by atoms with Crippen molar-refractivity contribution >= 4 is 16.6 Å². The van der Waals surface area contributed by atoms with Crippen LogP contribution in [0.3, 0.4) is 0 Å². The predicted octanol–water partition coefficient (Wildman–Crippen LogP) is 2.89. The number of aryl methyl sites for hydroxylation is 1. The lowest BCUT2D eigenvalue weighted by molar-refractivity contribution is 1.04. The first kappa shape index (κ1) is 11.6. The van der Waals surface area contributed by atoms with Gasteiger partial charge in [-0.25, -0.2) is 5.84 Å². The molecule has 0 atom stereocenters. The van der Waals surface area contributed by atoms with Crippen molar-refractivity contribution in [2.75, 3.05) is 5.43 Å². The molecule has 0 fully saturated rings. The van der Waals surface area contributed by atoms with Gasteiger partial charge >= 0.3 is 0 Å². The minimum Gasteiger partial charge on any atom is -0.306 e. The number of fused-ring (bicyclic) bond motifs is 1. The molecule has 0 aliphatic carbocycles. The van der Waals surface area contributed by atoms with Crippen LogP contribution in [0.2, 0.25) is 0 Å². The first-order valence-corrected chi connectivity index (χ1v) is 6.08. The maximum Gasteiger partial charge on any atom is 0.170 e. The quantitative estimate of drug-likeness (QED) is 0.542. The number of benzene rings is 2. The molecule has 0 aliphatic rings. The minimum atomic E-state index is 0.589. The lowest BCUT2D eigenvalue weighted by atomic mass is 10.0. The Bertz CT molecular complexity index is 720. The number of rotatable bonds is 2. The van der Waals surface area contributed by atoms with E-state index in [0.29, 0.717) is 5.82 Å². The van der Waals surface area contributed by atoms with E-state index < -0.39 is 0 Å². The van der Waals surface area contributed by atoms with Crippen LogP contribution < -0.4 is 11.3 Å². The molecule has 19 heavy (non-hydrogen) atoms. The van der Waals surface area contributed by atoms with E-state index in [2.05, 4.69) is 46.8 Å². The summed E-state index contributed by atoms with van der Waals surface area (Å²) in [5.41, 5.74) is 5.73. The summed E-state index contributed by atoms with van der Waals surface area (Å²) in [4.78, 5) is 0. The standard InChI is InChI=1S/C15H14N4/c1-10-6-8-11(9-7-10)14-12-4-2-3-5-13(12)15(17-16)19-18-14/h2-9H,16H2,1H3,(H,17,19). The summed E-state index contributed by atoms with van der Waals surface area (Å²) < 4.78 is 0. The van der Waals surface area contributed by atoms with Crippen LogP contribution in [0.4, 0.5) is 5.82 Å². The Morgan fingerprint density at radius 3 is 2.26 bits per heavy atom. The van der Waals surface area contributed by atoms with Gasteiger partial charge in [0.15, 0.2) is 5.82 Å². The van der Waals surface area contributed by atoms with E-state index in [1.165, 1.54) is 5.56 Å². The van der Waals surface area contributed by atoms with Gasteiger partial charge in [-0.15, -0.1) is 10.2 Å². The summed E-state index contributed by atoms with van der Waals surface area (Å²) in [6, 6.07) is 16.2. The second kappa shape index (κ2) is 4.66. The number of hydrogen-bond donors (Lipinski definition) is 2. The highest BCUT2D eigenvalue weighted by atomic mass is 15.3. The number of nitrogens with one attached hydrogen (secondary N) is 1. The summed E-state index contributed by atoms with van der Waals surface area (Å²) >= 11 is 0. The molecule has 3 aromatic rings. The Labute approximate surface area is 111 Å². The van der Waals surface area contributed by atoms with Crippen LogP contribution in [0.1, 0.15) is 5.56 Å². The van der Waals surface area contributed by atoms with Crippen molar-refractivity contribution in [3.8, 4) is 11.3 Å². The van der Waals surface area contributed by atoms with Gasteiger partial charge in [-0.05, 0) is 6.92 Å². The fourth-order valence-corrected chi connectivity index (χ4v) is 2.14. The number of hydrogen-bond acceptors (Lipinski definition) is 4. The lowest BCUT2D eigenvalue weighted by Crippen LogP contribution is -2.10.